The van der Waals surface area contributed by atoms with E-state index in [2.05, 4.69) is 29.3 Å². The van der Waals surface area contributed by atoms with E-state index in [0.29, 0.717) is 5.56 Å². The molecule has 0 spiro atoms. The number of aliphatic hydroxyl groups excluding tert-OH is 1. The number of aliphatic hydroxyl groups is 1. The number of Topliss-reactive ketones (excluding diaryl/α,β-unsaturated/α-hetero) is 1. The lowest BCUT2D eigenvalue weighted by Crippen LogP contribution is -2.62. The van der Waals surface area contributed by atoms with E-state index in [1.165, 1.54) is 33.0 Å². The van der Waals surface area contributed by atoms with Crippen LogP contribution in [0.5, 0.6) is 0 Å². The van der Waals surface area contributed by atoms with Crippen molar-refractivity contribution < 1.29 is 24.2 Å². The van der Waals surface area contributed by atoms with Gasteiger partial charge >= 0.3 is 0 Å². The van der Waals surface area contributed by atoms with Gasteiger partial charge in [0.25, 0.3) is 11.8 Å². The minimum atomic E-state index is -1.82. The summed E-state index contributed by atoms with van der Waals surface area (Å²) in [4.78, 5) is 38.7. The summed E-state index contributed by atoms with van der Waals surface area (Å²) in [7, 11) is 2.74. The first-order chi connectivity index (χ1) is 17.3. The third-order valence-corrected chi connectivity index (χ3v) is 6.95. The zero-order valence-electron chi connectivity index (χ0n) is 21.2. The molecule has 190 valence electrons. The zero-order chi connectivity index (χ0) is 26.1. The summed E-state index contributed by atoms with van der Waals surface area (Å²) in [6, 6.07) is 15.0. The lowest BCUT2D eigenvalue weighted by Gasteiger charge is -2.35. The van der Waals surface area contributed by atoms with Crippen molar-refractivity contribution in [2.45, 2.75) is 38.1 Å². The van der Waals surface area contributed by atoms with E-state index in [-0.39, 0.29) is 0 Å². The lowest BCUT2D eigenvalue weighted by molar-refractivity contribution is -0.143. The molecule has 1 fully saturated rings. The van der Waals surface area contributed by atoms with Crippen molar-refractivity contribution in [1.82, 2.24) is 10.2 Å². The van der Waals surface area contributed by atoms with Gasteiger partial charge in [-0.1, -0.05) is 24.0 Å². The Labute approximate surface area is 212 Å². The Bertz CT molecular complexity index is 1110. The normalized spacial score (nSPS) is 15.2. The molecule has 3 rings (SSSR count). The molecule has 0 aromatic heterocycles. The molecule has 0 radical (unpaired) electrons. The van der Waals surface area contributed by atoms with Gasteiger partial charge in [-0.3, -0.25) is 14.4 Å². The average Bonchev–Trinajstić information content (AvgIpc) is 2.94. The van der Waals surface area contributed by atoms with E-state index >= 15 is 0 Å². The van der Waals surface area contributed by atoms with Crippen LogP contribution < -0.4 is 5.32 Å². The average molecular weight is 491 g/mol. The third-order valence-electron chi connectivity index (χ3n) is 6.95. The number of hydrogen-bond donors (Lipinski definition) is 2. The number of hydrogen-bond acceptors (Lipinski definition) is 5. The summed E-state index contributed by atoms with van der Waals surface area (Å²) in [6.07, 6.45) is 4.55. The van der Waals surface area contributed by atoms with Crippen LogP contribution in [0.25, 0.3) is 0 Å². The molecule has 1 heterocycles. The van der Waals surface area contributed by atoms with Crippen LogP contribution in [0.1, 0.15) is 53.2 Å². The number of carbonyl (C=O) groups is 3. The first-order valence-electron chi connectivity index (χ1n) is 12.2. The van der Waals surface area contributed by atoms with E-state index in [1.54, 1.807) is 24.3 Å². The molecular formula is C29H34N2O5. The molecule has 7 nitrogen and oxygen atoms in total. The minimum absolute atomic E-state index is 0.304. The first-order valence-corrected chi connectivity index (χ1v) is 12.2. The monoisotopic (exact) mass is 490 g/mol. The number of rotatable bonds is 8. The second-order valence-electron chi connectivity index (χ2n) is 9.22. The number of ether oxygens (including phenoxy) is 1. The molecule has 2 amide bonds. The molecule has 0 bridgehead atoms. The molecule has 1 atom stereocenters. The Kier molecular flexibility index (Phi) is 9.40. The Hall–Kier alpha value is -3.47. The van der Waals surface area contributed by atoms with Crippen molar-refractivity contribution in [2.24, 2.45) is 5.92 Å². The Balaban J connectivity index is 1.63. The van der Waals surface area contributed by atoms with Crippen molar-refractivity contribution in [2.75, 3.05) is 33.9 Å². The van der Waals surface area contributed by atoms with Gasteiger partial charge in [-0.15, -0.1) is 0 Å². The standard InChI is InChI=1S/C29H34N2O5/c1-29(26(33)20-32,28(35)30-2)31(3)27(34)25-14-12-23(13-15-25)9-8-21-4-6-22(7-5-21)10-11-24-16-18-36-19-17-24/h4-7,12-15,24,32H,10-11,16-20H2,1-3H3,(H,30,35)/t29-/m1/s1. The summed E-state index contributed by atoms with van der Waals surface area (Å²) in [5.74, 6) is 5.05. The maximum absolute atomic E-state index is 13.0. The van der Waals surface area contributed by atoms with Gasteiger partial charge in [0.2, 0.25) is 0 Å². The molecule has 1 saturated heterocycles. The number of ketones is 1. The molecule has 0 aliphatic carbocycles. The fourth-order valence-electron chi connectivity index (χ4n) is 4.26. The highest BCUT2D eigenvalue weighted by atomic mass is 16.5. The van der Waals surface area contributed by atoms with Gasteiger partial charge in [0.1, 0.15) is 6.61 Å². The highest BCUT2D eigenvalue weighted by Crippen LogP contribution is 2.21. The van der Waals surface area contributed by atoms with Crippen LogP contribution in [0.15, 0.2) is 48.5 Å². The van der Waals surface area contributed by atoms with E-state index in [4.69, 9.17) is 4.74 Å². The van der Waals surface area contributed by atoms with E-state index in [1.807, 2.05) is 12.1 Å². The quantitative estimate of drug-likeness (QED) is 0.438. The Morgan fingerprint density at radius 1 is 1.03 bits per heavy atom. The number of amides is 2. The van der Waals surface area contributed by atoms with Crippen molar-refractivity contribution in [3.05, 3.63) is 70.8 Å². The topological polar surface area (TPSA) is 95.9 Å². The largest absolute Gasteiger partial charge is 0.388 e. The fraction of sp³-hybridized carbons (Fsp3) is 0.414. The van der Waals surface area contributed by atoms with Crippen LogP contribution in [-0.4, -0.2) is 67.1 Å². The van der Waals surface area contributed by atoms with Crippen molar-refractivity contribution >= 4 is 17.6 Å². The predicted octanol–water partition coefficient (Wildman–Crippen LogP) is 2.58. The van der Waals surface area contributed by atoms with Crippen LogP contribution in [0.2, 0.25) is 0 Å². The first kappa shape index (κ1) is 27.1. The Morgan fingerprint density at radius 2 is 1.58 bits per heavy atom. The van der Waals surface area contributed by atoms with Crippen LogP contribution >= 0.6 is 0 Å². The number of benzene rings is 2. The molecule has 2 aromatic rings. The summed E-state index contributed by atoms with van der Waals surface area (Å²) >= 11 is 0. The van der Waals surface area contributed by atoms with Crippen LogP contribution in [0.4, 0.5) is 0 Å². The van der Waals surface area contributed by atoms with Crippen LogP contribution in [0, 0.1) is 17.8 Å². The summed E-state index contributed by atoms with van der Waals surface area (Å²) in [5.41, 5.74) is 1.43. The minimum Gasteiger partial charge on any atom is -0.388 e. The van der Waals surface area contributed by atoms with Crippen molar-refractivity contribution in [3.63, 3.8) is 0 Å². The van der Waals surface area contributed by atoms with Gasteiger partial charge in [0.15, 0.2) is 11.3 Å². The number of carbonyl (C=O) groups excluding carboxylic acids is 3. The maximum Gasteiger partial charge on any atom is 0.254 e. The van der Waals surface area contributed by atoms with Gasteiger partial charge < -0.3 is 20.1 Å². The molecular weight excluding hydrogens is 456 g/mol. The third kappa shape index (κ3) is 6.39. The SMILES string of the molecule is CNC(=O)[C@@](C)(C(=O)CO)N(C)C(=O)c1ccc(C#Cc2ccc(CCC3CCOCC3)cc2)cc1. The molecule has 1 aliphatic rings. The van der Waals surface area contributed by atoms with Gasteiger partial charge in [-0.05, 0) is 80.5 Å². The highest BCUT2D eigenvalue weighted by molar-refractivity contribution is 6.14. The molecule has 0 saturated carbocycles. The molecule has 0 unspecified atom stereocenters. The molecule has 36 heavy (non-hydrogen) atoms. The second kappa shape index (κ2) is 12.5. The lowest BCUT2D eigenvalue weighted by atomic mass is 9.92. The predicted molar refractivity (Wildman–Crippen MR) is 137 cm³/mol. The number of aryl methyl sites for hydroxylation is 1. The molecule has 2 N–H and O–H groups in total. The van der Waals surface area contributed by atoms with Crippen molar-refractivity contribution in [3.8, 4) is 11.8 Å². The molecule has 1 aliphatic heterocycles. The molecule has 7 heteroatoms. The number of nitrogens with one attached hydrogen (secondary N) is 1. The van der Waals surface area contributed by atoms with Gasteiger partial charge in [-0.25, -0.2) is 0 Å². The van der Waals surface area contributed by atoms with E-state index in [0.717, 1.165) is 54.4 Å². The van der Waals surface area contributed by atoms with E-state index < -0.39 is 29.7 Å². The molecule has 2 aromatic carbocycles. The zero-order valence-corrected chi connectivity index (χ0v) is 21.2. The number of nitrogens with zero attached hydrogens (tertiary/aromatic N) is 1. The van der Waals surface area contributed by atoms with Crippen LogP contribution in [0.3, 0.4) is 0 Å². The number of likely N-dealkylation sites (N-methyl/N-ethyl adjacent to an activating group) is 2. The highest BCUT2D eigenvalue weighted by Gasteiger charge is 2.46. The maximum atomic E-state index is 13.0. The summed E-state index contributed by atoms with van der Waals surface area (Å²) in [6.45, 7) is 2.22. The smallest absolute Gasteiger partial charge is 0.254 e. The van der Waals surface area contributed by atoms with Crippen molar-refractivity contribution in [1.29, 1.82) is 0 Å². The summed E-state index contributed by atoms with van der Waals surface area (Å²) < 4.78 is 5.43. The van der Waals surface area contributed by atoms with Gasteiger partial charge in [0.05, 0.1) is 0 Å². The fourth-order valence-corrected chi connectivity index (χ4v) is 4.26. The summed E-state index contributed by atoms with van der Waals surface area (Å²) in [5, 5.41) is 11.7. The van der Waals surface area contributed by atoms with Gasteiger partial charge in [-0.2, -0.15) is 0 Å². The van der Waals surface area contributed by atoms with E-state index in [9.17, 15) is 19.5 Å². The van der Waals surface area contributed by atoms with Crippen LogP contribution in [-0.2, 0) is 20.7 Å². The second-order valence-corrected chi connectivity index (χ2v) is 9.22. The Morgan fingerprint density at radius 3 is 2.11 bits per heavy atom. The van der Waals surface area contributed by atoms with Gasteiger partial charge in [0, 0.05) is 44.0 Å².